The maximum atomic E-state index is 9.81. The van der Waals surface area contributed by atoms with E-state index in [0.717, 1.165) is 12.0 Å². The lowest BCUT2D eigenvalue weighted by Gasteiger charge is -2.19. The number of aryl methyl sites for hydroxylation is 2. The SMILES string of the molecule is CCOc1cc(CC(CN)c2cc(C)ccc2C)ccc1O. The predicted octanol–water partition coefficient (Wildman–Crippen LogP) is 3.69. The highest BCUT2D eigenvalue weighted by molar-refractivity contribution is 5.43. The minimum absolute atomic E-state index is 0.182. The third-order valence-corrected chi connectivity index (χ3v) is 3.97. The van der Waals surface area contributed by atoms with Crippen molar-refractivity contribution in [3.05, 3.63) is 58.7 Å². The number of rotatable bonds is 6. The van der Waals surface area contributed by atoms with E-state index < -0.39 is 0 Å². The molecule has 3 N–H and O–H groups in total. The van der Waals surface area contributed by atoms with Gasteiger partial charge in [-0.05, 0) is 62.6 Å². The van der Waals surface area contributed by atoms with Gasteiger partial charge in [0, 0.05) is 5.92 Å². The van der Waals surface area contributed by atoms with Gasteiger partial charge in [0.15, 0.2) is 11.5 Å². The summed E-state index contributed by atoms with van der Waals surface area (Å²) in [6.45, 7) is 7.26. The van der Waals surface area contributed by atoms with Crippen LogP contribution in [-0.4, -0.2) is 18.3 Å². The Morgan fingerprint density at radius 2 is 1.91 bits per heavy atom. The molecule has 0 aromatic heterocycles. The second-order valence-electron chi connectivity index (χ2n) is 5.73. The van der Waals surface area contributed by atoms with Crippen molar-refractivity contribution in [2.75, 3.05) is 13.2 Å². The van der Waals surface area contributed by atoms with Gasteiger partial charge < -0.3 is 15.6 Å². The second kappa shape index (κ2) is 7.32. The molecule has 0 saturated carbocycles. The number of phenols is 1. The molecule has 2 rings (SSSR count). The summed E-state index contributed by atoms with van der Waals surface area (Å²) in [5.74, 6) is 0.984. The van der Waals surface area contributed by atoms with Crippen LogP contribution >= 0.6 is 0 Å². The maximum Gasteiger partial charge on any atom is 0.161 e. The number of ether oxygens (including phenoxy) is 1. The quantitative estimate of drug-likeness (QED) is 0.855. The standard InChI is InChI=1S/C19H25NO2/c1-4-22-19-11-15(7-8-18(19)21)10-16(12-20)17-9-13(2)5-6-14(17)3/h5-9,11,16,21H,4,10,12,20H2,1-3H3. The van der Waals surface area contributed by atoms with Crippen LogP contribution < -0.4 is 10.5 Å². The molecular formula is C19H25NO2. The largest absolute Gasteiger partial charge is 0.504 e. The molecule has 2 aromatic carbocycles. The molecule has 0 bridgehead atoms. The van der Waals surface area contributed by atoms with Gasteiger partial charge in [-0.2, -0.15) is 0 Å². The van der Waals surface area contributed by atoms with Crippen molar-refractivity contribution >= 4 is 0 Å². The van der Waals surface area contributed by atoms with E-state index in [1.165, 1.54) is 16.7 Å². The van der Waals surface area contributed by atoms with E-state index >= 15 is 0 Å². The molecule has 118 valence electrons. The molecule has 1 atom stereocenters. The van der Waals surface area contributed by atoms with Crippen molar-refractivity contribution in [1.82, 2.24) is 0 Å². The molecule has 0 aliphatic heterocycles. The maximum absolute atomic E-state index is 9.81. The number of benzene rings is 2. The third-order valence-electron chi connectivity index (χ3n) is 3.97. The van der Waals surface area contributed by atoms with Crippen molar-refractivity contribution in [1.29, 1.82) is 0 Å². The van der Waals surface area contributed by atoms with Crippen molar-refractivity contribution in [3.63, 3.8) is 0 Å². The van der Waals surface area contributed by atoms with Gasteiger partial charge in [-0.25, -0.2) is 0 Å². The molecule has 2 aromatic rings. The van der Waals surface area contributed by atoms with Crippen LogP contribution in [-0.2, 0) is 6.42 Å². The summed E-state index contributed by atoms with van der Waals surface area (Å²) < 4.78 is 5.46. The number of nitrogens with two attached hydrogens (primary N) is 1. The van der Waals surface area contributed by atoms with Gasteiger partial charge in [-0.3, -0.25) is 0 Å². The van der Waals surface area contributed by atoms with E-state index in [4.69, 9.17) is 10.5 Å². The lowest BCUT2D eigenvalue weighted by atomic mass is 9.88. The molecule has 0 amide bonds. The summed E-state index contributed by atoms with van der Waals surface area (Å²) in [4.78, 5) is 0. The van der Waals surface area contributed by atoms with Gasteiger partial charge in [0.05, 0.1) is 6.61 Å². The van der Waals surface area contributed by atoms with Gasteiger partial charge in [0.1, 0.15) is 0 Å². The molecule has 0 aliphatic rings. The highest BCUT2D eigenvalue weighted by atomic mass is 16.5. The minimum atomic E-state index is 0.182. The molecular weight excluding hydrogens is 274 g/mol. The predicted molar refractivity (Wildman–Crippen MR) is 90.7 cm³/mol. The lowest BCUT2D eigenvalue weighted by Crippen LogP contribution is -2.16. The molecule has 0 fully saturated rings. The summed E-state index contributed by atoms with van der Waals surface area (Å²) in [5, 5.41) is 9.81. The Hall–Kier alpha value is -2.00. The Labute approximate surface area is 132 Å². The van der Waals surface area contributed by atoms with Crippen molar-refractivity contribution < 1.29 is 9.84 Å². The Bertz CT molecular complexity index is 637. The van der Waals surface area contributed by atoms with Crippen LogP contribution in [0.4, 0.5) is 0 Å². The van der Waals surface area contributed by atoms with Crippen LogP contribution in [0.5, 0.6) is 11.5 Å². The fourth-order valence-corrected chi connectivity index (χ4v) is 2.76. The van der Waals surface area contributed by atoms with Crippen LogP contribution in [0.3, 0.4) is 0 Å². The molecule has 0 aliphatic carbocycles. The van der Waals surface area contributed by atoms with E-state index in [1.807, 2.05) is 19.1 Å². The minimum Gasteiger partial charge on any atom is -0.504 e. The van der Waals surface area contributed by atoms with Crippen molar-refractivity contribution in [2.24, 2.45) is 5.73 Å². The van der Waals surface area contributed by atoms with Crippen LogP contribution in [0.25, 0.3) is 0 Å². The summed E-state index contributed by atoms with van der Waals surface area (Å²) in [6, 6.07) is 12.0. The fraction of sp³-hybridized carbons (Fsp3) is 0.368. The first kappa shape index (κ1) is 16.4. The normalized spacial score (nSPS) is 12.2. The van der Waals surface area contributed by atoms with Gasteiger partial charge in [-0.1, -0.05) is 29.8 Å². The number of hydrogen-bond acceptors (Lipinski definition) is 3. The number of phenolic OH excluding ortho intramolecular Hbond substituents is 1. The van der Waals surface area contributed by atoms with E-state index in [9.17, 15) is 5.11 Å². The number of aromatic hydroxyl groups is 1. The molecule has 0 heterocycles. The summed E-state index contributed by atoms with van der Waals surface area (Å²) in [7, 11) is 0. The number of hydrogen-bond donors (Lipinski definition) is 2. The van der Waals surface area contributed by atoms with Gasteiger partial charge in [0.2, 0.25) is 0 Å². The van der Waals surface area contributed by atoms with Gasteiger partial charge in [-0.15, -0.1) is 0 Å². The first-order valence-corrected chi connectivity index (χ1v) is 7.77. The average Bonchev–Trinajstić information content (AvgIpc) is 2.51. The van der Waals surface area contributed by atoms with Crippen LogP contribution in [0.15, 0.2) is 36.4 Å². The van der Waals surface area contributed by atoms with Gasteiger partial charge >= 0.3 is 0 Å². The van der Waals surface area contributed by atoms with Crippen LogP contribution in [0.1, 0.15) is 35.1 Å². The zero-order valence-corrected chi connectivity index (χ0v) is 13.6. The molecule has 0 saturated heterocycles. The molecule has 0 radical (unpaired) electrons. The highest BCUT2D eigenvalue weighted by Crippen LogP contribution is 2.30. The third kappa shape index (κ3) is 3.80. The average molecular weight is 299 g/mol. The topological polar surface area (TPSA) is 55.5 Å². The van der Waals surface area contributed by atoms with Gasteiger partial charge in [0.25, 0.3) is 0 Å². The second-order valence-corrected chi connectivity index (χ2v) is 5.73. The summed E-state index contributed by atoms with van der Waals surface area (Å²) in [5.41, 5.74) is 11.0. The van der Waals surface area contributed by atoms with E-state index in [2.05, 4.69) is 32.0 Å². The summed E-state index contributed by atoms with van der Waals surface area (Å²) >= 11 is 0. The fourth-order valence-electron chi connectivity index (χ4n) is 2.76. The first-order valence-electron chi connectivity index (χ1n) is 7.77. The first-order chi connectivity index (χ1) is 10.5. The lowest BCUT2D eigenvalue weighted by molar-refractivity contribution is 0.317. The molecule has 1 unspecified atom stereocenters. The molecule has 3 heteroatoms. The monoisotopic (exact) mass is 299 g/mol. The van der Waals surface area contributed by atoms with Crippen LogP contribution in [0.2, 0.25) is 0 Å². The Morgan fingerprint density at radius 1 is 1.14 bits per heavy atom. The Morgan fingerprint density at radius 3 is 2.59 bits per heavy atom. The smallest absolute Gasteiger partial charge is 0.161 e. The Balaban J connectivity index is 2.27. The molecule has 22 heavy (non-hydrogen) atoms. The molecule has 0 spiro atoms. The molecule has 3 nitrogen and oxygen atoms in total. The van der Waals surface area contributed by atoms with E-state index in [1.54, 1.807) is 6.07 Å². The van der Waals surface area contributed by atoms with Crippen molar-refractivity contribution in [3.8, 4) is 11.5 Å². The highest BCUT2D eigenvalue weighted by Gasteiger charge is 2.14. The van der Waals surface area contributed by atoms with E-state index in [-0.39, 0.29) is 11.7 Å². The zero-order chi connectivity index (χ0) is 16.1. The Kier molecular flexibility index (Phi) is 5.45. The summed E-state index contributed by atoms with van der Waals surface area (Å²) in [6.07, 6.45) is 0.834. The van der Waals surface area contributed by atoms with E-state index in [0.29, 0.717) is 18.9 Å². The van der Waals surface area contributed by atoms with Crippen LogP contribution in [0, 0.1) is 13.8 Å². The zero-order valence-electron chi connectivity index (χ0n) is 13.6. The van der Waals surface area contributed by atoms with Crippen molar-refractivity contribution in [2.45, 2.75) is 33.1 Å².